The smallest absolute Gasteiger partial charge is 0.221 e. The van der Waals surface area contributed by atoms with Crippen molar-refractivity contribution in [2.24, 2.45) is 16.6 Å². The van der Waals surface area contributed by atoms with Crippen molar-refractivity contribution in [2.45, 2.75) is 31.1 Å². The zero-order chi connectivity index (χ0) is 20.7. The molecule has 1 fully saturated rings. The van der Waals surface area contributed by atoms with Gasteiger partial charge in [-0.3, -0.25) is 0 Å². The van der Waals surface area contributed by atoms with E-state index in [1.807, 2.05) is 30.3 Å². The maximum atomic E-state index is 7.29. The molecule has 7 heteroatoms. The molecule has 2 aromatic carbocycles. The molecule has 5 rings (SSSR count). The minimum absolute atomic E-state index is 0.0132. The highest BCUT2D eigenvalue weighted by molar-refractivity contribution is 5.79. The summed E-state index contributed by atoms with van der Waals surface area (Å²) in [5, 5.41) is 1.53. The predicted octanol–water partition coefficient (Wildman–Crippen LogP) is 3.83. The minimum Gasteiger partial charge on any atom is -0.489 e. The molecule has 3 aliphatic heterocycles. The lowest BCUT2D eigenvalue weighted by molar-refractivity contribution is -0.196. The summed E-state index contributed by atoms with van der Waals surface area (Å²) in [6, 6.07) is 13.6. The van der Waals surface area contributed by atoms with Crippen molar-refractivity contribution in [3.63, 3.8) is 0 Å². The fraction of sp³-hybridized carbons (Fsp3) is 0.391. The average molecular weight is 404 g/mol. The number of nitrogens with zero attached hydrogens (tertiary/aromatic N) is 3. The third-order valence-corrected chi connectivity index (χ3v) is 6.16. The van der Waals surface area contributed by atoms with Crippen LogP contribution in [0, 0.1) is 12.5 Å². The lowest BCUT2D eigenvalue weighted by Gasteiger charge is -2.41. The van der Waals surface area contributed by atoms with Crippen molar-refractivity contribution in [1.29, 1.82) is 0 Å². The molecule has 0 radical (unpaired) electrons. The fourth-order valence-electron chi connectivity index (χ4n) is 4.55. The first-order valence-electron chi connectivity index (χ1n) is 10.2. The Hall–Kier alpha value is -3.08. The van der Waals surface area contributed by atoms with Crippen LogP contribution in [0.1, 0.15) is 24.8 Å². The molecule has 1 saturated heterocycles. The number of rotatable bonds is 2. The van der Waals surface area contributed by atoms with Gasteiger partial charge < -0.3 is 15.2 Å². The van der Waals surface area contributed by atoms with Gasteiger partial charge in [0.2, 0.25) is 11.7 Å². The molecule has 2 unspecified atom stereocenters. The van der Waals surface area contributed by atoms with Crippen molar-refractivity contribution in [3.8, 4) is 16.9 Å². The minimum atomic E-state index is -0.900. The van der Waals surface area contributed by atoms with Crippen LogP contribution in [0.4, 0.5) is 5.69 Å². The van der Waals surface area contributed by atoms with Gasteiger partial charge >= 0.3 is 0 Å². The van der Waals surface area contributed by atoms with Crippen LogP contribution in [-0.4, -0.2) is 37.4 Å². The molecular weight excluding hydrogens is 380 g/mol. The average Bonchev–Trinajstić information content (AvgIpc) is 3.07. The number of hydroxylamine groups is 2. The topological polar surface area (TPSA) is 73.7 Å². The number of ether oxygens (including phenoxy) is 2. The SMILES string of the molecule is [C-]#[N+]c1cccc(-c2ccc3c(c2)C2(CC(C4CCOCC4)O3)N=C(N)N(C)O2)c1. The van der Waals surface area contributed by atoms with Gasteiger partial charge in [0.1, 0.15) is 11.9 Å². The van der Waals surface area contributed by atoms with Crippen molar-refractivity contribution < 1.29 is 14.3 Å². The van der Waals surface area contributed by atoms with E-state index in [0.717, 1.165) is 48.5 Å². The lowest BCUT2D eigenvalue weighted by Crippen LogP contribution is -2.43. The zero-order valence-electron chi connectivity index (χ0n) is 16.9. The third kappa shape index (κ3) is 3.18. The largest absolute Gasteiger partial charge is 0.489 e. The van der Waals surface area contributed by atoms with Gasteiger partial charge in [-0.15, -0.1) is 0 Å². The molecule has 3 heterocycles. The Balaban J connectivity index is 1.57. The molecule has 7 nitrogen and oxygen atoms in total. The first-order chi connectivity index (χ1) is 14.6. The molecule has 3 aliphatic rings. The van der Waals surface area contributed by atoms with Gasteiger partial charge in [0.25, 0.3) is 0 Å². The zero-order valence-corrected chi connectivity index (χ0v) is 16.9. The van der Waals surface area contributed by atoms with Crippen LogP contribution in [0.25, 0.3) is 16.0 Å². The number of nitrogens with two attached hydrogens (primary N) is 1. The number of aliphatic imine (C=N–C) groups is 1. The number of fused-ring (bicyclic) bond motifs is 2. The molecule has 2 N–H and O–H groups in total. The van der Waals surface area contributed by atoms with E-state index >= 15 is 0 Å². The Morgan fingerprint density at radius 2 is 1.97 bits per heavy atom. The summed E-state index contributed by atoms with van der Waals surface area (Å²) in [7, 11) is 1.77. The molecule has 2 aromatic rings. The van der Waals surface area contributed by atoms with Gasteiger partial charge in [-0.1, -0.05) is 24.3 Å². The van der Waals surface area contributed by atoms with Gasteiger partial charge in [-0.2, -0.15) is 0 Å². The molecule has 0 amide bonds. The van der Waals surface area contributed by atoms with Crippen LogP contribution < -0.4 is 10.5 Å². The number of benzene rings is 2. The van der Waals surface area contributed by atoms with Crippen LogP contribution >= 0.6 is 0 Å². The van der Waals surface area contributed by atoms with Crippen molar-refractivity contribution in [2.75, 3.05) is 20.3 Å². The molecule has 0 aromatic heterocycles. The summed E-state index contributed by atoms with van der Waals surface area (Å²) < 4.78 is 12.0. The van der Waals surface area contributed by atoms with Crippen LogP contribution in [-0.2, 0) is 15.3 Å². The van der Waals surface area contributed by atoms with Crippen LogP contribution in [0.15, 0.2) is 47.5 Å². The molecule has 0 bridgehead atoms. The Labute approximate surface area is 175 Å². The number of hydrogen-bond acceptors (Lipinski definition) is 6. The third-order valence-electron chi connectivity index (χ3n) is 6.16. The Morgan fingerprint density at radius 1 is 1.17 bits per heavy atom. The van der Waals surface area contributed by atoms with E-state index in [1.165, 1.54) is 5.06 Å². The van der Waals surface area contributed by atoms with Crippen molar-refractivity contribution in [1.82, 2.24) is 5.06 Å². The summed E-state index contributed by atoms with van der Waals surface area (Å²) >= 11 is 0. The van der Waals surface area contributed by atoms with Crippen molar-refractivity contribution >= 4 is 11.6 Å². The summed E-state index contributed by atoms with van der Waals surface area (Å²) in [5.41, 5.74) is 8.63. The molecule has 154 valence electrons. The highest BCUT2D eigenvalue weighted by Crippen LogP contribution is 2.49. The quantitative estimate of drug-likeness (QED) is 0.770. The fourth-order valence-corrected chi connectivity index (χ4v) is 4.55. The van der Waals surface area contributed by atoms with Gasteiger partial charge in [0.05, 0.1) is 12.1 Å². The summed E-state index contributed by atoms with van der Waals surface area (Å²) in [6.07, 6.45) is 2.52. The van der Waals surface area contributed by atoms with E-state index in [0.29, 0.717) is 24.0 Å². The van der Waals surface area contributed by atoms with Gasteiger partial charge in [-0.05, 0) is 42.2 Å². The first-order valence-corrected chi connectivity index (χ1v) is 10.2. The van der Waals surface area contributed by atoms with Crippen LogP contribution in [0.2, 0.25) is 0 Å². The van der Waals surface area contributed by atoms with Gasteiger partial charge in [-0.25, -0.2) is 19.7 Å². The second-order valence-corrected chi connectivity index (χ2v) is 8.03. The number of hydrogen-bond donors (Lipinski definition) is 1. The van der Waals surface area contributed by atoms with Crippen molar-refractivity contribution in [3.05, 3.63) is 59.4 Å². The molecule has 1 spiro atoms. The number of guanidine groups is 1. The van der Waals surface area contributed by atoms with E-state index in [9.17, 15) is 0 Å². The maximum absolute atomic E-state index is 7.29. The molecule has 2 atom stereocenters. The maximum Gasteiger partial charge on any atom is 0.221 e. The molecule has 0 saturated carbocycles. The Bertz CT molecular complexity index is 1040. The normalized spacial score (nSPS) is 26.1. The van der Waals surface area contributed by atoms with Gasteiger partial charge in [0.15, 0.2) is 5.69 Å². The van der Waals surface area contributed by atoms with E-state index in [4.69, 9.17) is 31.6 Å². The van der Waals surface area contributed by atoms with Gasteiger partial charge in [0, 0.05) is 32.6 Å². The van der Waals surface area contributed by atoms with E-state index in [-0.39, 0.29) is 6.10 Å². The first kappa shape index (κ1) is 18.9. The molecular formula is C23H24N4O3. The standard InChI is InChI=1S/C23H24N4O3/c1-25-18-5-3-4-16(12-18)17-6-7-20-19(13-17)23(26-22(24)27(2)30-23)14-21(29-20)15-8-10-28-11-9-15/h3-7,12-13,15,21H,8-11,14H2,2H3,(H2,24,26). The lowest BCUT2D eigenvalue weighted by atomic mass is 9.83. The Morgan fingerprint density at radius 3 is 2.70 bits per heavy atom. The molecule has 30 heavy (non-hydrogen) atoms. The van der Waals surface area contributed by atoms with E-state index in [2.05, 4.69) is 10.9 Å². The highest BCUT2D eigenvalue weighted by atomic mass is 16.7. The van der Waals surface area contributed by atoms with Crippen LogP contribution in [0.3, 0.4) is 0 Å². The highest BCUT2D eigenvalue weighted by Gasteiger charge is 2.50. The van der Waals surface area contributed by atoms with E-state index in [1.54, 1.807) is 13.1 Å². The second kappa shape index (κ2) is 7.31. The van der Waals surface area contributed by atoms with Crippen LogP contribution in [0.5, 0.6) is 5.75 Å². The summed E-state index contributed by atoms with van der Waals surface area (Å²) in [5.74, 6) is 1.52. The Kier molecular flexibility index (Phi) is 4.61. The van der Waals surface area contributed by atoms with E-state index < -0.39 is 5.72 Å². The second-order valence-electron chi connectivity index (χ2n) is 8.03. The molecule has 0 aliphatic carbocycles. The summed E-state index contributed by atoms with van der Waals surface area (Å²) in [6.45, 7) is 8.80. The monoisotopic (exact) mass is 404 g/mol. The summed E-state index contributed by atoms with van der Waals surface area (Å²) in [4.78, 5) is 14.5. The predicted molar refractivity (Wildman–Crippen MR) is 113 cm³/mol.